The molecule has 2 nitrogen and oxygen atoms in total. The van der Waals surface area contributed by atoms with E-state index in [2.05, 4.69) is 25.2 Å². The number of thiophene rings is 1. The first-order chi connectivity index (χ1) is 8.48. The van der Waals surface area contributed by atoms with Crippen molar-refractivity contribution in [2.75, 3.05) is 6.54 Å². The number of rotatable bonds is 4. The van der Waals surface area contributed by atoms with Crippen molar-refractivity contribution >= 4 is 22.9 Å². The molecule has 1 aliphatic rings. The molecule has 18 heavy (non-hydrogen) atoms. The molecule has 1 aromatic heterocycles. The first-order valence-electron chi connectivity index (χ1n) is 6.69. The lowest BCUT2D eigenvalue weighted by molar-refractivity contribution is -0.0133. The van der Waals surface area contributed by atoms with Crippen molar-refractivity contribution in [1.29, 1.82) is 0 Å². The van der Waals surface area contributed by atoms with Gasteiger partial charge in [0, 0.05) is 17.5 Å². The van der Waals surface area contributed by atoms with Crippen molar-refractivity contribution in [3.8, 4) is 0 Å². The van der Waals surface area contributed by atoms with Crippen molar-refractivity contribution < 1.29 is 5.11 Å². The Morgan fingerprint density at radius 2 is 2.39 bits per heavy atom. The SMILES string of the molecule is CC1CCCC(O)(CNC(C)c2ccc(Cl)s2)C1. The molecule has 2 rings (SSSR count). The Balaban J connectivity index is 1.87. The largest absolute Gasteiger partial charge is 0.389 e. The summed E-state index contributed by atoms with van der Waals surface area (Å²) in [6.07, 6.45) is 4.22. The van der Waals surface area contributed by atoms with Gasteiger partial charge < -0.3 is 10.4 Å². The van der Waals surface area contributed by atoms with E-state index in [-0.39, 0.29) is 6.04 Å². The molecule has 3 atom stereocenters. The van der Waals surface area contributed by atoms with E-state index in [1.807, 2.05) is 6.07 Å². The number of halogens is 1. The van der Waals surface area contributed by atoms with Gasteiger partial charge in [0.2, 0.25) is 0 Å². The Hall–Kier alpha value is -0.0900. The normalized spacial score (nSPS) is 30.3. The third-order valence-electron chi connectivity index (χ3n) is 3.83. The second-order valence-electron chi connectivity index (χ2n) is 5.67. The maximum absolute atomic E-state index is 10.6. The maximum Gasteiger partial charge on any atom is 0.0931 e. The first kappa shape index (κ1) is 14.3. The molecule has 1 aliphatic carbocycles. The third-order valence-corrected chi connectivity index (χ3v) is 5.24. The quantitative estimate of drug-likeness (QED) is 0.877. The Bertz CT molecular complexity index is 395. The number of hydrogen-bond donors (Lipinski definition) is 2. The van der Waals surface area contributed by atoms with Crippen LogP contribution >= 0.6 is 22.9 Å². The van der Waals surface area contributed by atoms with Crippen LogP contribution in [0.4, 0.5) is 0 Å². The standard InChI is InChI=1S/C14H22ClNOS/c1-10-4-3-7-14(17,8-10)9-16-11(2)12-5-6-13(15)18-12/h5-6,10-11,16-17H,3-4,7-9H2,1-2H3. The number of aliphatic hydroxyl groups is 1. The molecule has 3 unspecified atom stereocenters. The second kappa shape index (κ2) is 5.91. The Morgan fingerprint density at radius 1 is 1.61 bits per heavy atom. The third kappa shape index (κ3) is 3.70. The van der Waals surface area contributed by atoms with E-state index in [0.717, 1.165) is 23.6 Å². The molecule has 4 heteroatoms. The molecule has 1 heterocycles. The zero-order chi connectivity index (χ0) is 13.2. The molecule has 0 aromatic carbocycles. The van der Waals surface area contributed by atoms with Crippen LogP contribution < -0.4 is 5.32 Å². The zero-order valence-electron chi connectivity index (χ0n) is 11.1. The summed E-state index contributed by atoms with van der Waals surface area (Å²) in [7, 11) is 0. The molecule has 2 N–H and O–H groups in total. The predicted molar refractivity (Wildman–Crippen MR) is 78.3 cm³/mol. The van der Waals surface area contributed by atoms with E-state index in [1.165, 1.54) is 11.3 Å². The van der Waals surface area contributed by atoms with Gasteiger partial charge in [-0.05, 0) is 37.8 Å². The Labute approximate surface area is 118 Å². The minimum atomic E-state index is -0.521. The van der Waals surface area contributed by atoms with Gasteiger partial charge in [0.05, 0.1) is 9.94 Å². The highest BCUT2D eigenvalue weighted by molar-refractivity contribution is 7.16. The van der Waals surface area contributed by atoms with Crippen LogP contribution in [0.3, 0.4) is 0 Å². The molecule has 1 aromatic rings. The van der Waals surface area contributed by atoms with E-state index >= 15 is 0 Å². The summed E-state index contributed by atoms with van der Waals surface area (Å²) >= 11 is 7.54. The maximum atomic E-state index is 10.6. The summed E-state index contributed by atoms with van der Waals surface area (Å²) in [6.45, 7) is 5.03. The highest BCUT2D eigenvalue weighted by atomic mass is 35.5. The zero-order valence-corrected chi connectivity index (χ0v) is 12.7. The lowest BCUT2D eigenvalue weighted by Crippen LogP contribution is -2.44. The second-order valence-corrected chi connectivity index (χ2v) is 7.42. The van der Waals surface area contributed by atoms with E-state index in [1.54, 1.807) is 11.3 Å². The monoisotopic (exact) mass is 287 g/mol. The lowest BCUT2D eigenvalue weighted by Gasteiger charge is -2.36. The van der Waals surface area contributed by atoms with Crippen LogP contribution in [0.5, 0.6) is 0 Å². The Kier molecular flexibility index (Phi) is 4.70. The van der Waals surface area contributed by atoms with E-state index in [9.17, 15) is 5.11 Å². The van der Waals surface area contributed by atoms with Gasteiger partial charge >= 0.3 is 0 Å². The summed E-state index contributed by atoms with van der Waals surface area (Å²) < 4.78 is 0.823. The summed E-state index contributed by atoms with van der Waals surface area (Å²) in [5.74, 6) is 0.636. The van der Waals surface area contributed by atoms with Gasteiger partial charge in [-0.1, -0.05) is 31.4 Å². The van der Waals surface area contributed by atoms with Crippen molar-refractivity contribution in [2.45, 2.75) is 51.2 Å². The van der Waals surface area contributed by atoms with Crippen molar-refractivity contribution in [2.24, 2.45) is 5.92 Å². The molecule has 0 saturated heterocycles. The van der Waals surface area contributed by atoms with Crippen LogP contribution in [0.15, 0.2) is 12.1 Å². The smallest absolute Gasteiger partial charge is 0.0931 e. The fourth-order valence-electron chi connectivity index (χ4n) is 2.80. The molecule has 0 spiro atoms. The highest BCUT2D eigenvalue weighted by Crippen LogP contribution is 2.33. The first-order valence-corrected chi connectivity index (χ1v) is 7.89. The number of nitrogens with one attached hydrogen (secondary N) is 1. The van der Waals surface area contributed by atoms with Crippen LogP contribution in [0.25, 0.3) is 0 Å². The van der Waals surface area contributed by atoms with Gasteiger partial charge in [-0.3, -0.25) is 0 Å². The summed E-state index contributed by atoms with van der Waals surface area (Å²) in [5.41, 5.74) is -0.521. The topological polar surface area (TPSA) is 32.3 Å². The molecule has 0 aliphatic heterocycles. The van der Waals surface area contributed by atoms with E-state index in [0.29, 0.717) is 12.5 Å². The summed E-state index contributed by atoms with van der Waals surface area (Å²) in [5, 5.41) is 14.0. The molecule has 0 amide bonds. The average Bonchev–Trinajstić information content (AvgIpc) is 2.73. The number of hydrogen-bond acceptors (Lipinski definition) is 3. The van der Waals surface area contributed by atoms with Crippen LogP contribution in [0, 0.1) is 5.92 Å². The van der Waals surface area contributed by atoms with E-state index in [4.69, 9.17) is 11.6 Å². The van der Waals surface area contributed by atoms with Crippen LogP contribution in [-0.4, -0.2) is 17.3 Å². The average molecular weight is 288 g/mol. The van der Waals surface area contributed by atoms with Gasteiger partial charge in [0.15, 0.2) is 0 Å². The van der Waals surface area contributed by atoms with Crippen molar-refractivity contribution in [3.05, 3.63) is 21.3 Å². The molecular weight excluding hydrogens is 266 g/mol. The van der Waals surface area contributed by atoms with Gasteiger partial charge in [-0.25, -0.2) is 0 Å². The molecule has 0 bridgehead atoms. The molecule has 0 radical (unpaired) electrons. The van der Waals surface area contributed by atoms with Crippen molar-refractivity contribution in [3.63, 3.8) is 0 Å². The molecule has 1 fully saturated rings. The van der Waals surface area contributed by atoms with Gasteiger partial charge in [0.25, 0.3) is 0 Å². The minimum Gasteiger partial charge on any atom is -0.389 e. The predicted octanol–water partition coefficient (Wildman–Crippen LogP) is 3.99. The fraction of sp³-hybridized carbons (Fsp3) is 0.714. The molecule has 1 saturated carbocycles. The fourth-order valence-corrected chi connectivity index (χ4v) is 3.89. The van der Waals surface area contributed by atoms with Crippen molar-refractivity contribution in [1.82, 2.24) is 5.32 Å². The summed E-state index contributed by atoms with van der Waals surface area (Å²) in [4.78, 5) is 1.23. The summed E-state index contributed by atoms with van der Waals surface area (Å²) in [6, 6.07) is 4.23. The molecule has 102 valence electrons. The lowest BCUT2D eigenvalue weighted by atomic mass is 9.79. The van der Waals surface area contributed by atoms with Crippen LogP contribution in [-0.2, 0) is 0 Å². The van der Waals surface area contributed by atoms with E-state index < -0.39 is 5.60 Å². The van der Waals surface area contributed by atoms with Crippen LogP contribution in [0.2, 0.25) is 4.34 Å². The van der Waals surface area contributed by atoms with Gasteiger partial charge in [0.1, 0.15) is 0 Å². The van der Waals surface area contributed by atoms with Gasteiger partial charge in [-0.15, -0.1) is 11.3 Å². The highest BCUT2D eigenvalue weighted by Gasteiger charge is 2.32. The van der Waals surface area contributed by atoms with Gasteiger partial charge in [-0.2, -0.15) is 0 Å². The minimum absolute atomic E-state index is 0.253. The molecular formula is C14H22ClNOS. The van der Waals surface area contributed by atoms with Crippen LogP contribution in [0.1, 0.15) is 50.4 Å². The Morgan fingerprint density at radius 3 is 3.00 bits per heavy atom.